The van der Waals surface area contributed by atoms with Gasteiger partial charge in [0.2, 0.25) is 11.8 Å². The van der Waals surface area contributed by atoms with E-state index in [1.54, 1.807) is 6.20 Å². The van der Waals surface area contributed by atoms with Crippen molar-refractivity contribution in [2.24, 2.45) is 0 Å². The molecule has 0 aliphatic carbocycles. The van der Waals surface area contributed by atoms with Gasteiger partial charge in [0.1, 0.15) is 12.6 Å². The van der Waals surface area contributed by atoms with E-state index in [0.717, 1.165) is 19.3 Å². The molecule has 182 valence electrons. The van der Waals surface area contributed by atoms with Crippen molar-refractivity contribution in [2.75, 3.05) is 6.54 Å². The zero-order valence-electron chi connectivity index (χ0n) is 19.7. The molecule has 8 nitrogen and oxygen atoms in total. The Balaban J connectivity index is 2.14. The number of nitrogens with one attached hydrogen (secondary N) is 3. The van der Waals surface area contributed by atoms with Gasteiger partial charge in [0.25, 0.3) is 0 Å². The van der Waals surface area contributed by atoms with Crippen LogP contribution in [0.5, 0.6) is 0 Å². The molecular weight excluding hydrogens is 408 g/mol. The van der Waals surface area contributed by atoms with Crippen molar-refractivity contribution in [2.45, 2.75) is 109 Å². The van der Waals surface area contributed by atoms with Gasteiger partial charge in [0.05, 0.1) is 6.33 Å². The smallest absolute Gasteiger partial charge is 0.322 e. The summed E-state index contributed by atoms with van der Waals surface area (Å²) >= 11 is 0. The molecule has 0 aliphatic heterocycles. The number of aromatic nitrogens is 2. The molecule has 2 amide bonds. The van der Waals surface area contributed by atoms with Gasteiger partial charge < -0.3 is 20.7 Å². The Kier molecular flexibility index (Phi) is 15.7. The number of carboxylic acids is 1. The van der Waals surface area contributed by atoms with Gasteiger partial charge in [-0.05, 0) is 6.42 Å². The van der Waals surface area contributed by atoms with E-state index >= 15 is 0 Å². The molecule has 1 atom stereocenters. The molecule has 0 fully saturated rings. The molecule has 0 bridgehead atoms. The second kappa shape index (κ2) is 18.2. The van der Waals surface area contributed by atoms with Crippen molar-refractivity contribution < 1.29 is 19.5 Å². The third kappa shape index (κ3) is 14.6. The molecule has 0 aromatic carbocycles. The highest BCUT2D eigenvalue weighted by atomic mass is 16.4. The van der Waals surface area contributed by atoms with Gasteiger partial charge in [-0.15, -0.1) is 0 Å². The molecule has 1 aromatic heterocycles. The standard InChI is InChI=1S/C24H42N4O4/c1-2-3-4-5-6-7-8-9-10-11-12-13-14-15-22(29)28-21(16-20-17-25-19-27-20)24(32)26-18-23(30)31/h17,19,21H,2-16,18H2,1H3,(H,25,27)(H,26,32)(H,28,29)(H,30,31)/t21-/m0/s1. The Morgan fingerprint density at radius 3 is 2.00 bits per heavy atom. The van der Waals surface area contributed by atoms with Crippen LogP contribution >= 0.6 is 0 Å². The van der Waals surface area contributed by atoms with Crippen molar-refractivity contribution in [1.82, 2.24) is 20.6 Å². The second-order valence-corrected chi connectivity index (χ2v) is 8.51. The summed E-state index contributed by atoms with van der Waals surface area (Å²) in [4.78, 5) is 42.1. The zero-order chi connectivity index (χ0) is 23.4. The molecule has 0 radical (unpaired) electrons. The van der Waals surface area contributed by atoms with Gasteiger partial charge in [0, 0.05) is 24.7 Å². The Morgan fingerprint density at radius 1 is 0.938 bits per heavy atom. The lowest BCUT2D eigenvalue weighted by Crippen LogP contribution is -2.49. The topological polar surface area (TPSA) is 124 Å². The Labute approximate surface area is 192 Å². The number of carbonyl (C=O) groups is 3. The van der Waals surface area contributed by atoms with E-state index in [9.17, 15) is 14.4 Å². The van der Waals surface area contributed by atoms with Crippen LogP contribution in [0.1, 0.15) is 103 Å². The predicted octanol–water partition coefficient (Wildman–Crippen LogP) is 4.12. The number of hydrogen-bond acceptors (Lipinski definition) is 4. The fraction of sp³-hybridized carbons (Fsp3) is 0.750. The Bertz CT molecular complexity index is 634. The first-order valence-electron chi connectivity index (χ1n) is 12.3. The van der Waals surface area contributed by atoms with E-state index in [1.165, 1.54) is 70.5 Å². The molecule has 8 heteroatoms. The number of nitrogens with zero attached hydrogens (tertiary/aromatic N) is 1. The maximum absolute atomic E-state index is 12.3. The lowest BCUT2D eigenvalue weighted by atomic mass is 10.0. The third-order valence-electron chi connectivity index (χ3n) is 5.55. The van der Waals surface area contributed by atoms with Crippen LogP contribution in [0.3, 0.4) is 0 Å². The van der Waals surface area contributed by atoms with Gasteiger partial charge >= 0.3 is 5.97 Å². The van der Waals surface area contributed by atoms with Crippen LogP contribution in [0.25, 0.3) is 0 Å². The average molecular weight is 451 g/mol. The average Bonchev–Trinajstić information content (AvgIpc) is 3.28. The van der Waals surface area contributed by atoms with E-state index in [2.05, 4.69) is 27.5 Å². The van der Waals surface area contributed by atoms with Gasteiger partial charge in [-0.1, -0.05) is 84.0 Å². The van der Waals surface area contributed by atoms with E-state index in [0.29, 0.717) is 12.1 Å². The first-order valence-corrected chi connectivity index (χ1v) is 12.3. The molecule has 32 heavy (non-hydrogen) atoms. The summed E-state index contributed by atoms with van der Waals surface area (Å²) in [5.41, 5.74) is 0.696. The molecule has 1 heterocycles. The molecule has 1 rings (SSSR count). The number of aromatic amines is 1. The van der Waals surface area contributed by atoms with Crippen LogP contribution in [0.15, 0.2) is 12.5 Å². The number of amides is 2. The minimum atomic E-state index is -1.13. The number of aliphatic carboxylic acids is 1. The summed E-state index contributed by atoms with van der Waals surface area (Å²) in [7, 11) is 0. The quantitative estimate of drug-likeness (QED) is 0.222. The summed E-state index contributed by atoms with van der Waals surface area (Å²) in [6.45, 7) is 1.77. The number of hydrogen-bond donors (Lipinski definition) is 4. The molecule has 0 saturated carbocycles. The normalized spacial score (nSPS) is 11.8. The highest BCUT2D eigenvalue weighted by Gasteiger charge is 2.22. The van der Waals surface area contributed by atoms with Gasteiger partial charge in [-0.25, -0.2) is 4.98 Å². The van der Waals surface area contributed by atoms with Crippen LogP contribution in [0.4, 0.5) is 0 Å². The summed E-state index contributed by atoms with van der Waals surface area (Å²) in [6, 6.07) is -0.829. The lowest BCUT2D eigenvalue weighted by Gasteiger charge is -2.17. The number of unbranched alkanes of at least 4 members (excludes halogenated alkanes) is 12. The fourth-order valence-electron chi connectivity index (χ4n) is 3.68. The molecule has 0 saturated heterocycles. The largest absolute Gasteiger partial charge is 0.480 e. The molecule has 4 N–H and O–H groups in total. The van der Waals surface area contributed by atoms with Crippen LogP contribution in [0.2, 0.25) is 0 Å². The third-order valence-corrected chi connectivity index (χ3v) is 5.55. The van der Waals surface area contributed by atoms with E-state index in [1.807, 2.05) is 0 Å². The summed E-state index contributed by atoms with van der Waals surface area (Å²) in [5.74, 6) is -1.83. The van der Waals surface area contributed by atoms with Crippen LogP contribution in [0, 0.1) is 0 Å². The Morgan fingerprint density at radius 2 is 1.50 bits per heavy atom. The highest BCUT2D eigenvalue weighted by molar-refractivity contribution is 5.89. The fourth-order valence-corrected chi connectivity index (χ4v) is 3.68. The van der Waals surface area contributed by atoms with Crippen molar-refractivity contribution in [3.63, 3.8) is 0 Å². The van der Waals surface area contributed by atoms with Crippen LogP contribution < -0.4 is 10.6 Å². The second-order valence-electron chi connectivity index (χ2n) is 8.51. The Hall–Kier alpha value is -2.38. The number of H-pyrrole nitrogens is 1. The molecule has 0 aliphatic rings. The number of imidazole rings is 1. The van der Waals surface area contributed by atoms with Gasteiger partial charge in [-0.2, -0.15) is 0 Å². The van der Waals surface area contributed by atoms with Gasteiger partial charge in [-0.3, -0.25) is 14.4 Å². The summed E-state index contributed by atoms with van der Waals surface area (Å²) in [6.07, 6.45) is 19.8. The molecule has 1 aromatic rings. The van der Waals surface area contributed by atoms with Crippen molar-refractivity contribution in [3.8, 4) is 0 Å². The maximum atomic E-state index is 12.3. The number of carbonyl (C=O) groups excluding carboxylic acids is 2. The minimum absolute atomic E-state index is 0.192. The molecular formula is C24H42N4O4. The first-order chi connectivity index (χ1) is 15.5. The van der Waals surface area contributed by atoms with Gasteiger partial charge in [0.15, 0.2) is 0 Å². The lowest BCUT2D eigenvalue weighted by molar-refractivity contribution is -0.138. The summed E-state index contributed by atoms with van der Waals surface area (Å²) in [5, 5.41) is 13.8. The monoisotopic (exact) mass is 450 g/mol. The predicted molar refractivity (Wildman–Crippen MR) is 125 cm³/mol. The maximum Gasteiger partial charge on any atom is 0.322 e. The van der Waals surface area contributed by atoms with Crippen molar-refractivity contribution in [3.05, 3.63) is 18.2 Å². The van der Waals surface area contributed by atoms with E-state index in [-0.39, 0.29) is 12.3 Å². The number of carboxylic acid groups (broad SMARTS) is 1. The minimum Gasteiger partial charge on any atom is -0.480 e. The zero-order valence-corrected chi connectivity index (χ0v) is 19.7. The molecule has 0 spiro atoms. The van der Waals surface area contributed by atoms with E-state index in [4.69, 9.17) is 5.11 Å². The first kappa shape index (κ1) is 27.7. The van der Waals surface area contributed by atoms with Crippen LogP contribution in [-0.4, -0.2) is 45.4 Å². The van der Waals surface area contributed by atoms with Crippen molar-refractivity contribution in [1.29, 1.82) is 0 Å². The SMILES string of the molecule is CCCCCCCCCCCCCCCC(=O)N[C@@H](Cc1cnc[nH]1)C(=O)NCC(=O)O. The van der Waals surface area contributed by atoms with Crippen molar-refractivity contribution >= 4 is 17.8 Å². The summed E-state index contributed by atoms with van der Waals surface area (Å²) < 4.78 is 0. The van der Waals surface area contributed by atoms with Crippen LogP contribution in [-0.2, 0) is 20.8 Å². The molecule has 0 unspecified atom stereocenters. The highest BCUT2D eigenvalue weighted by Crippen LogP contribution is 2.13. The van der Waals surface area contributed by atoms with E-state index < -0.39 is 24.5 Å². The number of rotatable bonds is 20.